The second kappa shape index (κ2) is 8.63. The highest BCUT2D eigenvalue weighted by atomic mass is 32.2. The fourth-order valence-corrected chi connectivity index (χ4v) is 4.64. The summed E-state index contributed by atoms with van der Waals surface area (Å²) in [5.41, 5.74) is 0.00661. The minimum atomic E-state index is -4.95. The third-order valence-corrected chi connectivity index (χ3v) is 6.25. The van der Waals surface area contributed by atoms with Gasteiger partial charge in [-0.25, -0.2) is 12.4 Å². The maximum Gasteiger partial charge on any atom is 0.573 e. The SMILES string of the molecule is Cc1ccc(S(=O)(=O)n2c(C(=O)/C(C#N)=C/N(C)C)cc3cc(OC(F)(F)F)ccc32)cc1. The van der Waals surface area contributed by atoms with Crippen molar-refractivity contribution in [3.63, 3.8) is 0 Å². The van der Waals surface area contributed by atoms with E-state index in [1.54, 1.807) is 39.2 Å². The van der Waals surface area contributed by atoms with Gasteiger partial charge in [0.15, 0.2) is 0 Å². The van der Waals surface area contributed by atoms with Crippen molar-refractivity contribution in [3.8, 4) is 11.8 Å². The Kier molecular flexibility index (Phi) is 6.24. The fraction of sp³-hybridized carbons (Fsp3) is 0.182. The van der Waals surface area contributed by atoms with Crippen LogP contribution in [0.5, 0.6) is 5.75 Å². The summed E-state index contributed by atoms with van der Waals surface area (Å²) in [7, 11) is -1.20. The molecule has 3 rings (SSSR count). The molecule has 0 spiro atoms. The predicted molar refractivity (Wildman–Crippen MR) is 114 cm³/mol. The lowest BCUT2D eigenvalue weighted by molar-refractivity contribution is -0.274. The fourth-order valence-electron chi connectivity index (χ4n) is 3.13. The third-order valence-electron chi connectivity index (χ3n) is 4.51. The van der Waals surface area contributed by atoms with Gasteiger partial charge in [0.1, 0.15) is 23.1 Å². The topological polar surface area (TPSA) is 92.4 Å². The van der Waals surface area contributed by atoms with Crippen LogP contribution in [0.25, 0.3) is 10.9 Å². The van der Waals surface area contributed by atoms with Crippen molar-refractivity contribution in [2.45, 2.75) is 18.2 Å². The molecule has 0 saturated carbocycles. The van der Waals surface area contributed by atoms with Gasteiger partial charge in [0, 0.05) is 25.7 Å². The van der Waals surface area contributed by atoms with E-state index < -0.39 is 33.6 Å². The van der Waals surface area contributed by atoms with Crippen LogP contribution in [0.15, 0.2) is 65.2 Å². The van der Waals surface area contributed by atoms with E-state index in [0.717, 1.165) is 33.8 Å². The number of carbonyl (C=O) groups is 1. The first-order valence-corrected chi connectivity index (χ1v) is 10.8. The summed E-state index contributed by atoms with van der Waals surface area (Å²) in [6.45, 7) is 1.77. The predicted octanol–water partition coefficient (Wildman–Crippen LogP) is 4.24. The zero-order valence-electron chi connectivity index (χ0n) is 17.7. The van der Waals surface area contributed by atoms with Crippen LogP contribution in [0.2, 0.25) is 0 Å². The number of ketones is 1. The van der Waals surface area contributed by atoms with Crippen molar-refractivity contribution in [1.82, 2.24) is 8.87 Å². The van der Waals surface area contributed by atoms with E-state index in [2.05, 4.69) is 4.74 Å². The quantitative estimate of drug-likeness (QED) is 0.300. The first kappa shape index (κ1) is 23.9. The number of aromatic nitrogens is 1. The van der Waals surface area contributed by atoms with Gasteiger partial charge in [0.25, 0.3) is 10.0 Å². The number of hydrogen-bond acceptors (Lipinski definition) is 6. The molecule has 1 aromatic heterocycles. The van der Waals surface area contributed by atoms with Crippen molar-refractivity contribution in [2.24, 2.45) is 0 Å². The second-order valence-electron chi connectivity index (χ2n) is 7.33. The van der Waals surface area contributed by atoms with E-state index in [0.29, 0.717) is 0 Å². The van der Waals surface area contributed by atoms with Gasteiger partial charge in [-0.2, -0.15) is 5.26 Å². The molecule has 11 heteroatoms. The number of alkyl halides is 3. The normalized spacial score (nSPS) is 12.5. The van der Waals surface area contributed by atoms with Crippen molar-refractivity contribution in [1.29, 1.82) is 5.26 Å². The van der Waals surface area contributed by atoms with Crippen LogP contribution < -0.4 is 4.74 Å². The number of fused-ring (bicyclic) bond motifs is 1. The molecule has 0 aliphatic carbocycles. The molecular weight excluding hydrogens is 459 g/mol. The van der Waals surface area contributed by atoms with Crippen LogP contribution in [-0.2, 0) is 10.0 Å². The molecule has 33 heavy (non-hydrogen) atoms. The smallest absolute Gasteiger partial charge is 0.406 e. The molecule has 0 bridgehead atoms. The molecule has 1 heterocycles. The molecule has 3 aromatic rings. The Labute approximate surface area is 188 Å². The van der Waals surface area contributed by atoms with E-state index in [1.807, 2.05) is 0 Å². The van der Waals surface area contributed by atoms with Gasteiger partial charge >= 0.3 is 6.36 Å². The van der Waals surface area contributed by atoms with Crippen LogP contribution in [-0.4, -0.2) is 43.5 Å². The first-order chi connectivity index (χ1) is 15.3. The van der Waals surface area contributed by atoms with E-state index >= 15 is 0 Å². The van der Waals surface area contributed by atoms with Crippen LogP contribution in [0.1, 0.15) is 16.1 Å². The summed E-state index contributed by atoms with van der Waals surface area (Å²) >= 11 is 0. The van der Waals surface area contributed by atoms with Gasteiger partial charge in [-0.1, -0.05) is 17.7 Å². The number of allylic oxidation sites excluding steroid dienone is 1. The molecule has 0 amide bonds. The molecule has 0 unspecified atom stereocenters. The van der Waals surface area contributed by atoms with Crippen LogP contribution in [0.3, 0.4) is 0 Å². The second-order valence-corrected chi connectivity index (χ2v) is 9.11. The summed E-state index contributed by atoms with van der Waals surface area (Å²) in [5, 5.41) is 9.44. The maximum atomic E-state index is 13.5. The molecule has 7 nitrogen and oxygen atoms in total. The Morgan fingerprint density at radius 1 is 1.12 bits per heavy atom. The van der Waals surface area contributed by atoms with E-state index in [4.69, 9.17) is 0 Å². The monoisotopic (exact) mass is 477 g/mol. The Balaban J connectivity index is 2.31. The van der Waals surface area contributed by atoms with Gasteiger partial charge in [-0.3, -0.25) is 4.79 Å². The molecule has 0 radical (unpaired) electrons. The summed E-state index contributed by atoms with van der Waals surface area (Å²) < 4.78 is 69.5. The van der Waals surface area contributed by atoms with E-state index in [-0.39, 0.29) is 21.4 Å². The van der Waals surface area contributed by atoms with Gasteiger partial charge in [0.2, 0.25) is 5.78 Å². The Morgan fingerprint density at radius 2 is 1.76 bits per heavy atom. The highest BCUT2D eigenvalue weighted by Gasteiger charge is 2.32. The number of nitriles is 1. The molecule has 0 fully saturated rings. The highest BCUT2D eigenvalue weighted by Crippen LogP contribution is 2.32. The van der Waals surface area contributed by atoms with Crippen LogP contribution in [0, 0.1) is 18.3 Å². The van der Waals surface area contributed by atoms with Crippen molar-refractivity contribution in [2.75, 3.05) is 14.1 Å². The van der Waals surface area contributed by atoms with Crippen molar-refractivity contribution in [3.05, 3.63) is 71.6 Å². The average molecular weight is 477 g/mol. The molecule has 0 atom stereocenters. The number of carbonyl (C=O) groups excluding carboxylic acids is 1. The lowest BCUT2D eigenvalue weighted by Gasteiger charge is -2.13. The molecule has 2 aromatic carbocycles. The molecular formula is C22H18F3N3O4S. The third kappa shape index (κ3) is 5.01. The molecule has 0 saturated heterocycles. The van der Waals surface area contributed by atoms with Gasteiger partial charge in [-0.15, -0.1) is 13.2 Å². The van der Waals surface area contributed by atoms with Gasteiger partial charge < -0.3 is 9.64 Å². The largest absolute Gasteiger partial charge is 0.573 e. The first-order valence-electron chi connectivity index (χ1n) is 9.40. The van der Waals surface area contributed by atoms with Gasteiger partial charge in [0.05, 0.1) is 10.4 Å². The standard InChI is InChI=1S/C22H18F3N3O4S/c1-14-4-7-18(8-5-14)33(30,31)28-19-9-6-17(32-22(23,24)25)10-15(19)11-20(28)21(29)16(12-26)13-27(2)3/h4-11,13H,1-3H3/b16-13+. The zero-order valence-corrected chi connectivity index (χ0v) is 18.5. The number of benzene rings is 2. The molecule has 0 N–H and O–H groups in total. The lowest BCUT2D eigenvalue weighted by atomic mass is 10.1. The molecule has 0 aliphatic rings. The average Bonchev–Trinajstić information content (AvgIpc) is 3.10. The lowest BCUT2D eigenvalue weighted by Crippen LogP contribution is -2.20. The molecule has 172 valence electrons. The van der Waals surface area contributed by atoms with Gasteiger partial charge in [-0.05, 0) is 43.3 Å². The minimum Gasteiger partial charge on any atom is -0.406 e. The number of rotatable bonds is 6. The number of aryl methyl sites for hydroxylation is 1. The van der Waals surface area contributed by atoms with Crippen molar-refractivity contribution < 1.29 is 31.1 Å². The summed E-state index contributed by atoms with van der Waals surface area (Å²) in [6.07, 6.45) is -3.73. The number of hydrogen-bond donors (Lipinski definition) is 0. The zero-order chi connectivity index (χ0) is 24.6. The summed E-state index contributed by atoms with van der Waals surface area (Å²) in [5.74, 6) is -1.49. The number of Topliss-reactive ketones (excluding diaryl/α,β-unsaturated/α-hetero) is 1. The highest BCUT2D eigenvalue weighted by molar-refractivity contribution is 7.90. The van der Waals surface area contributed by atoms with E-state index in [9.17, 15) is 31.6 Å². The van der Waals surface area contributed by atoms with E-state index in [1.165, 1.54) is 23.2 Å². The number of halogens is 3. The summed E-state index contributed by atoms with van der Waals surface area (Å²) in [4.78, 5) is 14.4. The summed E-state index contributed by atoms with van der Waals surface area (Å²) in [6, 6.07) is 11.7. The molecule has 0 aliphatic heterocycles. The number of ether oxygens (including phenoxy) is 1. The number of nitrogens with zero attached hydrogens (tertiary/aromatic N) is 3. The Bertz CT molecular complexity index is 1400. The maximum absolute atomic E-state index is 13.5. The van der Waals surface area contributed by atoms with Crippen LogP contribution in [0.4, 0.5) is 13.2 Å². The minimum absolute atomic E-state index is 0.0120. The van der Waals surface area contributed by atoms with Crippen LogP contribution >= 0.6 is 0 Å². The van der Waals surface area contributed by atoms with Crippen molar-refractivity contribution >= 4 is 26.7 Å². The Hall–Kier alpha value is -3.78. The Morgan fingerprint density at radius 3 is 2.30 bits per heavy atom.